The van der Waals surface area contributed by atoms with E-state index in [4.69, 9.17) is 14.0 Å². The molecule has 5 N–H and O–H groups in total. The van der Waals surface area contributed by atoms with Gasteiger partial charge in [-0.1, -0.05) is 44.2 Å². The molecule has 0 saturated carbocycles. The van der Waals surface area contributed by atoms with Gasteiger partial charge >= 0.3 is 11.8 Å². The Morgan fingerprint density at radius 3 is 2.42 bits per heavy atom. The molecule has 6 atom stereocenters. The normalized spacial score (nSPS) is 22.2. The first-order valence-electron chi connectivity index (χ1n) is 17.2. The number of nitro benzene ring substituents is 1. The van der Waals surface area contributed by atoms with E-state index in [1.165, 1.54) is 48.9 Å². The van der Waals surface area contributed by atoms with Crippen molar-refractivity contribution in [3.8, 4) is 0 Å². The van der Waals surface area contributed by atoms with Crippen molar-refractivity contribution in [1.29, 1.82) is 0 Å². The number of aliphatic hydroxyl groups is 1. The topological polar surface area (TPSA) is 233 Å². The monoisotopic (exact) mass is 832 g/mol. The predicted octanol–water partition coefficient (Wildman–Crippen LogP) is 4.60. The zero-order chi connectivity index (χ0) is 40.6. The summed E-state index contributed by atoms with van der Waals surface area (Å²) in [5, 5.41) is 31.4. The molecule has 0 aliphatic carbocycles. The number of hydrogen-bond donors (Lipinski definition) is 5. The van der Waals surface area contributed by atoms with Crippen LogP contribution in [0.25, 0.3) is 6.08 Å². The van der Waals surface area contributed by atoms with E-state index >= 15 is 0 Å². The SMILES string of the molecule is CC(=O)NCCCCCC(=O)NCc1ccc([N+](=O)[O-])c(C(C)OC(=O)N/C=C/c2cn([C@]3(C)O[C@](C)(COP(P)P)[C@](C)(O)C3(C)C)c(=O)[nH]c2=O)c1.F. The molecule has 55 heavy (non-hydrogen) atoms. The molecule has 306 valence electrons. The molecule has 21 heteroatoms. The zero-order valence-electron chi connectivity index (χ0n) is 31.9. The maximum absolute atomic E-state index is 13.2. The van der Waals surface area contributed by atoms with Crippen LogP contribution in [0.3, 0.4) is 0 Å². The number of benzene rings is 1. The first-order chi connectivity index (χ1) is 25.1. The van der Waals surface area contributed by atoms with E-state index in [2.05, 4.69) is 38.8 Å². The standard InChI is InChI=1S/C34H51N6O11P3.FH/c1-21(25-17-23(12-13-26(25)40(47)48)18-37-27(42)11-9-8-10-15-35-22(2)41)50-30(45)36-16-14-24-19-39(29(44)38-28(24)43)34(7)31(3,4)33(6,46)32(5,51-34)20-49-54(52)53;/h12-14,16-17,19,21,46H,8-11,15,18,20,52-53H2,1-7H3,(H,35,41)(H,36,45)(H,37,42)(H,38,43,44);1H/b16-14+;/t21?,32-,33-,34-;/m1./s1. The van der Waals surface area contributed by atoms with Crippen molar-refractivity contribution in [2.24, 2.45) is 5.41 Å². The Hall–Kier alpha value is -3.65. The highest BCUT2D eigenvalue weighted by Gasteiger charge is 2.71. The number of aromatic nitrogens is 2. The molecule has 1 aliphatic rings. The second-order valence-electron chi connectivity index (χ2n) is 14.1. The van der Waals surface area contributed by atoms with Crippen molar-refractivity contribution in [3.05, 3.63) is 78.2 Å². The van der Waals surface area contributed by atoms with Crippen molar-refractivity contribution in [2.45, 2.75) is 104 Å². The number of nitrogens with one attached hydrogen (secondary N) is 4. The van der Waals surface area contributed by atoms with E-state index < -0.39 is 58.2 Å². The van der Waals surface area contributed by atoms with Gasteiger partial charge in [0.1, 0.15) is 17.3 Å². The summed E-state index contributed by atoms with van der Waals surface area (Å²) in [4.78, 5) is 75.5. The molecule has 1 saturated heterocycles. The van der Waals surface area contributed by atoms with Crippen molar-refractivity contribution < 1.29 is 43.1 Å². The Balaban J connectivity index is 0.0000105. The first-order valence-corrected chi connectivity index (χ1v) is 21.7. The fraction of sp³-hybridized carbons (Fsp3) is 0.559. The molecule has 1 aromatic heterocycles. The fourth-order valence-electron chi connectivity index (χ4n) is 6.22. The van der Waals surface area contributed by atoms with Crippen molar-refractivity contribution in [1.82, 2.24) is 25.5 Å². The van der Waals surface area contributed by atoms with E-state index in [1.54, 1.807) is 34.6 Å². The van der Waals surface area contributed by atoms with E-state index in [0.717, 1.165) is 19.0 Å². The largest absolute Gasteiger partial charge is 0.441 e. The fourth-order valence-corrected chi connectivity index (χ4v) is 7.06. The second-order valence-corrected chi connectivity index (χ2v) is 19.9. The molecule has 3 amide bonds. The molecule has 17 nitrogen and oxygen atoms in total. The minimum atomic E-state index is -1.51. The third kappa shape index (κ3) is 11.2. The van der Waals surface area contributed by atoms with Crippen LogP contribution < -0.4 is 27.2 Å². The van der Waals surface area contributed by atoms with Gasteiger partial charge in [0.15, 0.2) is 5.72 Å². The zero-order valence-corrected chi connectivity index (χ0v) is 35.1. The van der Waals surface area contributed by atoms with Gasteiger partial charge in [0.2, 0.25) is 11.8 Å². The number of carbonyl (C=O) groups is 3. The summed E-state index contributed by atoms with van der Waals surface area (Å²) in [6.07, 6.45) is 3.95. The molecular formula is C34H52FN6O11P3. The molecule has 3 unspecified atom stereocenters. The second kappa shape index (κ2) is 19.5. The number of aromatic amines is 1. The number of H-pyrrole nitrogens is 1. The number of nitro groups is 1. The number of ether oxygens (including phenoxy) is 2. The van der Waals surface area contributed by atoms with Crippen LogP contribution in [0.5, 0.6) is 0 Å². The molecule has 0 radical (unpaired) electrons. The van der Waals surface area contributed by atoms with E-state index in [-0.39, 0.29) is 52.9 Å². The van der Waals surface area contributed by atoms with Crippen molar-refractivity contribution >= 4 is 55.1 Å². The summed E-state index contributed by atoms with van der Waals surface area (Å²) in [6.45, 7) is 12.0. The van der Waals surface area contributed by atoms with Gasteiger partial charge in [-0.05, 0) is 58.2 Å². The van der Waals surface area contributed by atoms with Crippen LogP contribution in [0, 0.1) is 15.5 Å². The number of rotatable bonds is 17. The highest BCUT2D eigenvalue weighted by molar-refractivity contribution is 8.41. The smallest absolute Gasteiger partial charge is 0.411 e. The molecule has 1 aliphatic heterocycles. The number of alkyl carbamates (subject to hydrolysis) is 1. The van der Waals surface area contributed by atoms with Gasteiger partial charge in [-0.25, -0.2) is 9.59 Å². The Morgan fingerprint density at radius 2 is 1.80 bits per heavy atom. The Labute approximate surface area is 323 Å². The number of unbranched alkanes of at least 4 members (excludes halogenated alkanes) is 2. The van der Waals surface area contributed by atoms with Gasteiger partial charge in [-0.2, -0.15) is 0 Å². The van der Waals surface area contributed by atoms with Crippen LogP contribution in [-0.2, 0) is 35.9 Å². The van der Waals surface area contributed by atoms with Crippen LogP contribution in [-0.4, -0.2) is 61.8 Å². The van der Waals surface area contributed by atoms with Crippen LogP contribution >= 0.6 is 25.4 Å². The molecule has 1 fully saturated rings. The Bertz CT molecular complexity index is 1870. The van der Waals surface area contributed by atoms with Gasteiger partial charge in [0.25, 0.3) is 11.2 Å². The summed E-state index contributed by atoms with van der Waals surface area (Å²) in [6, 6.07) is 4.25. The Kier molecular flexibility index (Phi) is 16.8. The number of carbonyl (C=O) groups excluding carboxylic acids is 3. The van der Waals surface area contributed by atoms with Gasteiger partial charge in [0, 0.05) is 50.3 Å². The number of halogens is 1. The summed E-state index contributed by atoms with van der Waals surface area (Å²) >= 11 is 0. The quantitative estimate of drug-likeness (QED) is 0.0640. The van der Waals surface area contributed by atoms with Crippen molar-refractivity contribution in [3.63, 3.8) is 0 Å². The van der Waals surface area contributed by atoms with Crippen LogP contribution in [0.1, 0.15) is 96.9 Å². The number of nitrogens with zero attached hydrogens (tertiary/aromatic N) is 2. The third-order valence-corrected chi connectivity index (χ3v) is 11.5. The molecule has 0 bridgehead atoms. The van der Waals surface area contributed by atoms with Crippen LogP contribution in [0.4, 0.5) is 15.2 Å². The molecule has 1 aromatic carbocycles. The summed E-state index contributed by atoms with van der Waals surface area (Å²) in [5.41, 5.74) is -6.58. The molecule has 2 heterocycles. The highest BCUT2D eigenvalue weighted by Crippen LogP contribution is 2.61. The average molecular weight is 833 g/mol. The number of amides is 3. The molecule has 3 rings (SSSR count). The molecule has 2 aromatic rings. The molecule has 0 spiro atoms. The highest BCUT2D eigenvalue weighted by atomic mass is 32.4. The van der Waals surface area contributed by atoms with E-state index in [1.807, 2.05) is 0 Å². The lowest BCUT2D eigenvalue weighted by atomic mass is 9.65. The van der Waals surface area contributed by atoms with E-state index in [9.17, 15) is 39.2 Å². The van der Waals surface area contributed by atoms with Gasteiger partial charge in [-0.15, -0.1) is 0 Å². The van der Waals surface area contributed by atoms with E-state index in [0.29, 0.717) is 18.5 Å². The van der Waals surface area contributed by atoms with Gasteiger partial charge in [0.05, 0.1) is 30.2 Å². The predicted molar refractivity (Wildman–Crippen MR) is 213 cm³/mol. The van der Waals surface area contributed by atoms with Gasteiger partial charge < -0.3 is 29.7 Å². The Morgan fingerprint density at radius 1 is 1.13 bits per heavy atom. The first kappa shape index (κ1) is 47.5. The minimum Gasteiger partial charge on any atom is -0.441 e. The average Bonchev–Trinajstić information content (AvgIpc) is 3.18. The number of hydrogen-bond acceptors (Lipinski definition) is 11. The minimum absolute atomic E-state index is 0. The van der Waals surface area contributed by atoms with Gasteiger partial charge in [-0.3, -0.25) is 44.1 Å². The summed E-state index contributed by atoms with van der Waals surface area (Å²) in [5.74, 6) is -0.307. The lowest BCUT2D eigenvalue weighted by molar-refractivity contribution is -0.386. The van der Waals surface area contributed by atoms with Crippen LogP contribution in [0.15, 0.2) is 40.2 Å². The maximum Gasteiger partial charge on any atom is 0.411 e. The maximum atomic E-state index is 13.2. The lowest BCUT2D eigenvalue weighted by Gasteiger charge is -2.44. The lowest BCUT2D eigenvalue weighted by Crippen LogP contribution is -2.58. The molecular weight excluding hydrogens is 780 g/mol. The third-order valence-electron chi connectivity index (χ3n) is 10.2. The van der Waals surface area contributed by atoms with Crippen molar-refractivity contribution in [2.75, 3.05) is 13.2 Å². The summed E-state index contributed by atoms with van der Waals surface area (Å²) < 4.78 is 18.9. The summed E-state index contributed by atoms with van der Waals surface area (Å²) in [7, 11) is 4.12. The van der Waals surface area contributed by atoms with Crippen LogP contribution in [0.2, 0.25) is 0 Å².